The number of nitrogens with zero attached hydrogens (tertiary/aromatic N) is 3. The third-order valence-electron chi connectivity index (χ3n) is 5.27. The molecule has 0 spiro atoms. The number of aliphatic hydroxyl groups excluding tert-OH is 4. The summed E-state index contributed by atoms with van der Waals surface area (Å²) in [5, 5.41) is 47.5. The van der Waals surface area contributed by atoms with Crippen molar-refractivity contribution in [3.63, 3.8) is 0 Å². The van der Waals surface area contributed by atoms with E-state index in [9.17, 15) is 25.2 Å². The second kappa shape index (κ2) is 11.6. The van der Waals surface area contributed by atoms with Crippen LogP contribution in [0.3, 0.4) is 0 Å². The minimum atomic E-state index is -1.57. The zero-order chi connectivity index (χ0) is 24.8. The van der Waals surface area contributed by atoms with Crippen LogP contribution < -0.4 is 9.47 Å². The van der Waals surface area contributed by atoms with Crippen LogP contribution in [0.15, 0.2) is 24.4 Å². The molecule has 5 atom stereocenters. The molecular weight excluding hydrogens is 450 g/mol. The molecule has 1 aromatic heterocycles. The van der Waals surface area contributed by atoms with Crippen LogP contribution in [-0.2, 0) is 34.0 Å². The molecule has 12 heteroatoms. The van der Waals surface area contributed by atoms with Gasteiger partial charge in [-0.05, 0) is 19.1 Å². The van der Waals surface area contributed by atoms with Gasteiger partial charge in [-0.15, -0.1) is 5.10 Å². The largest absolute Gasteiger partial charge is 0.487 e. The van der Waals surface area contributed by atoms with Crippen molar-refractivity contribution < 1.29 is 44.2 Å². The van der Waals surface area contributed by atoms with Crippen molar-refractivity contribution in [1.82, 2.24) is 15.0 Å². The highest BCUT2D eigenvalue weighted by Gasteiger charge is 2.44. The number of aryl methyl sites for hydroxylation is 1. The van der Waals surface area contributed by atoms with E-state index in [0.717, 1.165) is 0 Å². The van der Waals surface area contributed by atoms with Crippen LogP contribution in [0, 0.1) is 5.92 Å². The minimum Gasteiger partial charge on any atom is -0.487 e. The fraction of sp³-hybridized carbons (Fsp3) is 0.591. The molecule has 1 fully saturated rings. The van der Waals surface area contributed by atoms with Crippen LogP contribution in [0.5, 0.6) is 11.5 Å². The van der Waals surface area contributed by atoms with Crippen LogP contribution in [0.1, 0.15) is 32.0 Å². The number of carbonyl (C=O) groups is 1. The van der Waals surface area contributed by atoms with Crippen molar-refractivity contribution in [3.8, 4) is 11.5 Å². The van der Waals surface area contributed by atoms with Gasteiger partial charge in [0.25, 0.3) is 0 Å². The van der Waals surface area contributed by atoms with E-state index >= 15 is 0 Å². The Balaban J connectivity index is 1.78. The molecule has 12 nitrogen and oxygen atoms in total. The van der Waals surface area contributed by atoms with Crippen molar-refractivity contribution >= 4 is 5.97 Å². The highest BCUT2D eigenvalue weighted by atomic mass is 16.7. The first-order valence-corrected chi connectivity index (χ1v) is 11.0. The topological polar surface area (TPSA) is 166 Å². The standard InChI is InChI=1S/C22H31N3O9/c1-4-25-8-14(23-24-25)11-31-16-7-15(6-5-13(16)10-32-21(30)12(2)3)33-22-20(29)19(28)18(27)17(9-26)34-22/h5-8,12,17-20,22,26-29H,4,9-11H2,1-3H3/t17-,18-,19+,20-,22-/m1/s1. The van der Waals surface area contributed by atoms with Gasteiger partial charge in [0.15, 0.2) is 0 Å². The first-order chi connectivity index (χ1) is 16.2. The first-order valence-electron chi connectivity index (χ1n) is 11.0. The van der Waals surface area contributed by atoms with Crippen molar-refractivity contribution in [2.75, 3.05) is 6.61 Å². The van der Waals surface area contributed by atoms with Gasteiger partial charge >= 0.3 is 5.97 Å². The molecule has 4 N–H and O–H groups in total. The van der Waals surface area contributed by atoms with E-state index < -0.39 is 37.3 Å². The third kappa shape index (κ3) is 6.21. The quantitative estimate of drug-likeness (QED) is 0.331. The first kappa shape index (κ1) is 25.8. The number of aliphatic hydroxyl groups is 4. The van der Waals surface area contributed by atoms with Crippen molar-refractivity contribution in [2.24, 2.45) is 5.92 Å². The number of aromatic nitrogens is 3. The summed E-state index contributed by atoms with van der Waals surface area (Å²) in [6.07, 6.45) is -5.33. The summed E-state index contributed by atoms with van der Waals surface area (Å²) < 4.78 is 23.9. The Morgan fingerprint density at radius 1 is 1.18 bits per heavy atom. The molecule has 0 saturated carbocycles. The maximum absolute atomic E-state index is 11.9. The maximum atomic E-state index is 11.9. The zero-order valence-electron chi connectivity index (χ0n) is 19.3. The summed E-state index contributed by atoms with van der Waals surface area (Å²) in [6, 6.07) is 4.70. The molecular formula is C22H31N3O9. The monoisotopic (exact) mass is 481 g/mol. The molecule has 1 saturated heterocycles. The molecule has 1 aliphatic rings. The van der Waals surface area contributed by atoms with Gasteiger partial charge in [-0.25, -0.2) is 0 Å². The van der Waals surface area contributed by atoms with Crippen LogP contribution in [0.25, 0.3) is 0 Å². The number of ether oxygens (including phenoxy) is 4. The Morgan fingerprint density at radius 2 is 1.94 bits per heavy atom. The maximum Gasteiger partial charge on any atom is 0.308 e. The molecule has 3 rings (SSSR count). The van der Waals surface area contributed by atoms with Crippen molar-refractivity contribution in [1.29, 1.82) is 0 Å². The fourth-order valence-electron chi connectivity index (χ4n) is 3.19. The number of esters is 1. The van der Waals surface area contributed by atoms with Gasteiger partial charge in [0.1, 0.15) is 54.8 Å². The van der Waals surface area contributed by atoms with Crippen molar-refractivity contribution in [3.05, 3.63) is 35.7 Å². The number of carbonyl (C=O) groups excluding carboxylic acids is 1. The molecule has 34 heavy (non-hydrogen) atoms. The van der Waals surface area contributed by atoms with Crippen LogP contribution in [0.4, 0.5) is 0 Å². The number of rotatable bonds is 10. The predicted octanol–water partition coefficient (Wildman–Crippen LogP) is -0.245. The van der Waals surface area contributed by atoms with Crippen LogP contribution >= 0.6 is 0 Å². The lowest BCUT2D eigenvalue weighted by Gasteiger charge is -2.39. The van der Waals surface area contributed by atoms with Gasteiger partial charge in [-0.1, -0.05) is 19.1 Å². The molecule has 0 unspecified atom stereocenters. The predicted molar refractivity (Wildman–Crippen MR) is 115 cm³/mol. The summed E-state index contributed by atoms with van der Waals surface area (Å²) >= 11 is 0. The highest BCUT2D eigenvalue weighted by molar-refractivity contribution is 5.71. The molecule has 2 heterocycles. The number of benzene rings is 1. The molecule has 0 radical (unpaired) electrons. The van der Waals surface area contributed by atoms with Gasteiger partial charge in [0.05, 0.1) is 18.7 Å². The van der Waals surface area contributed by atoms with E-state index in [0.29, 0.717) is 23.6 Å². The number of hydrogen-bond acceptors (Lipinski definition) is 11. The average Bonchev–Trinajstić information content (AvgIpc) is 3.30. The van der Waals surface area contributed by atoms with Gasteiger partial charge < -0.3 is 39.4 Å². The lowest BCUT2D eigenvalue weighted by Crippen LogP contribution is -2.60. The summed E-state index contributed by atoms with van der Waals surface area (Å²) in [5.41, 5.74) is 1.16. The van der Waals surface area contributed by atoms with E-state index in [1.54, 1.807) is 36.9 Å². The van der Waals surface area contributed by atoms with E-state index in [1.165, 1.54) is 6.07 Å². The molecule has 0 aliphatic carbocycles. The van der Waals surface area contributed by atoms with E-state index in [1.807, 2.05) is 6.92 Å². The zero-order valence-corrected chi connectivity index (χ0v) is 19.3. The van der Waals surface area contributed by atoms with Gasteiger partial charge in [-0.2, -0.15) is 0 Å². The van der Waals surface area contributed by atoms with Gasteiger partial charge in [-0.3, -0.25) is 9.48 Å². The van der Waals surface area contributed by atoms with E-state index in [4.69, 9.17) is 18.9 Å². The third-order valence-corrected chi connectivity index (χ3v) is 5.27. The Bertz CT molecular complexity index is 949. The van der Waals surface area contributed by atoms with Gasteiger partial charge in [0, 0.05) is 18.2 Å². The minimum absolute atomic E-state index is 0.0334. The van der Waals surface area contributed by atoms with Crippen LogP contribution in [-0.4, -0.2) is 78.7 Å². The number of hydrogen-bond donors (Lipinski definition) is 4. The summed E-state index contributed by atoms with van der Waals surface area (Å²) in [5.74, 6) is -0.0964. The molecule has 2 aromatic rings. The normalized spacial score (nSPS) is 24.8. The Labute approximate surface area is 196 Å². The summed E-state index contributed by atoms with van der Waals surface area (Å²) in [4.78, 5) is 11.9. The SMILES string of the molecule is CCn1cc(COc2cc(O[C@@H]3O[C@H](CO)[C@@H](O)[C@H](O)[C@H]3O)ccc2COC(=O)C(C)C)nn1. The second-order valence-electron chi connectivity index (χ2n) is 8.20. The fourth-order valence-corrected chi connectivity index (χ4v) is 3.19. The Hall–Kier alpha value is -2.77. The molecule has 188 valence electrons. The van der Waals surface area contributed by atoms with E-state index in [-0.39, 0.29) is 30.9 Å². The lowest BCUT2D eigenvalue weighted by molar-refractivity contribution is -0.277. The summed E-state index contributed by atoms with van der Waals surface area (Å²) in [7, 11) is 0. The highest BCUT2D eigenvalue weighted by Crippen LogP contribution is 2.30. The van der Waals surface area contributed by atoms with E-state index in [2.05, 4.69) is 10.3 Å². The van der Waals surface area contributed by atoms with Gasteiger partial charge in [0.2, 0.25) is 6.29 Å². The van der Waals surface area contributed by atoms with Crippen LogP contribution in [0.2, 0.25) is 0 Å². The smallest absolute Gasteiger partial charge is 0.308 e. The Morgan fingerprint density at radius 3 is 2.59 bits per heavy atom. The van der Waals surface area contributed by atoms with Crippen molar-refractivity contribution in [2.45, 2.75) is 71.2 Å². The molecule has 0 bridgehead atoms. The average molecular weight is 482 g/mol. The second-order valence-corrected chi connectivity index (χ2v) is 8.20. The molecule has 1 aliphatic heterocycles. The molecule has 0 amide bonds. The summed E-state index contributed by atoms with van der Waals surface area (Å²) in [6.45, 7) is 5.54. The Kier molecular flexibility index (Phi) is 8.80. The lowest BCUT2D eigenvalue weighted by atomic mass is 9.99. The molecule has 1 aromatic carbocycles.